The number of rotatable bonds is 5. The average Bonchev–Trinajstić information content (AvgIpc) is 3.45. The van der Waals surface area contributed by atoms with Crippen LogP contribution in [0.4, 0.5) is 13.2 Å². The minimum absolute atomic E-state index is 0.00883. The molecule has 2 aromatic heterocycles. The van der Waals surface area contributed by atoms with Crippen LogP contribution >= 0.6 is 11.3 Å². The van der Waals surface area contributed by atoms with Gasteiger partial charge in [-0.25, -0.2) is 0 Å². The number of hydrogen-bond donors (Lipinski definition) is 1. The number of fused-ring (bicyclic) bond motifs is 1. The van der Waals surface area contributed by atoms with Gasteiger partial charge in [0.15, 0.2) is 5.69 Å². The van der Waals surface area contributed by atoms with Crippen LogP contribution in [0.15, 0.2) is 48.7 Å². The van der Waals surface area contributed by atoms with Crippen LogP contribution in [0, 0.1) is 11.3 Å². The van der Waals surface area contributed by atoms with Crippen molar-refractivity contribution in [2.75, 3.05) is 6.54 Å². The first-order chi connectivity index (χ1) is 16.9. The smallest absolute Gasteiger partial charge is 0.333 e. The summed E-state index contributed by atoms with van der Waals surface area (Å²) in [7, 11) is 0. The summed E-state index contributed by atoms with van der Waals surface area (Å²) in [4.78, 5) is 16.0. The number of alkyl halides is 3. The highest BCUT2D eigenvalue weighted by Crippen LogP contribution is 2.44. The van der Waals surface area contributed by atoms with Gasteiger partial charge in [-0.1, -0.05) is 30.3 Å². The zero-order valence-electron chi connectivity index (χ0n) is 20.1. The third kappa shape index (κ3) is 5.22. The Morgan fingerprint density at radius 2 is 2.00 bits per heavy atom. The molecule has 10 heteroatoms. The quantitative estimate of drug-likeness (QED) is 0.470. The SMILES string of the molecule is CCn1cc(-c2ccccc2C2CN(C(=O)/C=C/C(C)(C)N)Cc3sc(C#N)cc32)c(C(F)(F)F)n1. The summed E-state index contributed by atoms with van der Waals surface area (Å²) in [5.41, 5.74) is 6.25. The summed E-state index contributed by atoms with van der Waals surface area (Å²) in [6, 6.07) is 10.8. The Morgan fingerprint density at radius 3 is 2.64 bits per heavy atom. The Labute approximate surface area is 211 Å². The molecular formula is C26H26F3N5OS. The van der Waals surface area contributed by atoms with E-state index in [1.165, 1.54) is 28.3 Å². The summed E-state index contributed by atoms with van der Waals surface area (Å²) in [5.74, 6) is -0.666. The van der Waals surface area contributed by atoms with Gasteiger partial charge in [0.25, 0.3) is 0 Å². The molecule has 1 atom stereocenters. The lowest BCUT2D eigenvalue weighted by molar-refractivity contribution is -0.141. The van der Waals surface area contributed by atoms with E-state index in [-0.39, 0.29) is 18.0 Å². The monoisotopic (exact) mass is 513 g/mol. The van der Waals surface area contributed by atoms with Crippen molar-refractivity contribution in [2.24, 2.45) is 5.73 Å². The fourth-order valence-corrected chi connectivity index (χ4v) is 5.37. The van der Waals surface area contributed by atoms with E-state index in [9.17, 15) is 23.2 Å². The lowest BCUT2D eigenvalue weighted by atomic mass is 9.83. The maximum absolute atomic E-state index is 13.9. The Bertz CT molecular complexity index is 1360. The second-order valence-corrected chi connectivity index (χ2v) is 10.5. The molecule has 1 amide bonds. The first-order valence-corrected chi connectivity index (χ1v) is 12.3. The van der Waals surface area contributed by atoms with Crippen LogP contribution < -0.4 is 5.73 Å². The summed E-state index contributed by atoms with van der Waals surface area (Å²) in [6.07, 6.45) is -0.162. The predicted molar refractivity (Wildman–Crippen MR) is 132 cm³/mol. The Hall–Kier alpha value is -3.42. The van der Waals surface area contributed by atoms with Gasteiger partial charge < -0.3 is 10.6 Å². The van der Waals surface area contributed by atoms with Gasteiger partial charge in [0.2, 0.25) is 5.91 Å². The van der Waals surface area contributed by atoms with Crippen LogP contribution in [-0.4, -0.2) is 32.7 Å². The van der Waals surface area contributed by atoms with Gasteiger partial charge in [0, 0.05) is 47.3 Å². The lowest BCUT2D eigenvalue weighted by Gasteiger charge is -2.33. The molecule has 0 fully saturated rings. The number of nitrogens with zero attached hydrogens (tertiary/aromatic N) is 4. The second-order valence-electron chi connectivity index (χ2n) is 9.36. The fraction of sp³-hybridized carbons (Fsp3) is 0.346. The summed E-state index contributed by atoms with van der Waals surface area (Å²) in [6.45, 7) is 6.14. The average molecular weight is 514 g/mol. The zero-order valence-corrected chi connectivity index (χ0v) is 21.0. The molecule has 2 N–H and O–H groups in total. The number of amides is 1. The Balaban J connectivity index is 1.84. The topological polar surface area (TPSA) is 87.9 Å². The molecule has 0 radical (unpaired) electrons. The largest absolute Gasteiger partial charge is 0.435 e. The van der Waals surface area contributed by atoms with Crippen molar-refractivity contribution < 1.29 is 18.0 Å². The number of carbonyl (C=O) groups is 1. The first-order valence-electron chi connectivity index (χ1n) is 11.4. The number of thiophene rings is 1. The number of halogens is 3. The van der Waals surface area contributed by atoms with E-state index in [2.05, 4.69) is 11.2 Å². The van der Waals surface area contributed by atoms with Crippen LogP contribution in [0.1, 0.15) is 53.3 Å². The van der Waals surface area contributed by atoms with Gasteiger partial charge in [-0.05, 0) is 43.5 Å². The Kier molecular flexibility index (Phi) is 6.82. The van der Waals surface area contributed by atoms with Crippen LogP contribution in [0.3, 0.4) is 0 Å². The van der Waals surface area contributed by atoms with E-state index < -0.39 is 23.3 Å². The second kappa shape index (κ2) is 9.56. The van der Waals surface area contributed by atoms with Gasteiger partial charge in [-0.2, -0.15) is 23.5 Å². The molecule has 0 bridgehead atoms. The van der Waals surface area contributed by atoms with Crippen LogP contribution in [0.25, 0.3) is 11.1 Å². The molecule has 188 valence electrons. The van der Waals surface area contributed by atoms with E-state index >= 15 is 0 Å². The van der Waals surface area contributed by atoms with E-state index in [0.717, 1.165) is 10.4 Å². The third-order valence-electron chi connectivity index (χ3n) is 6.01. The van der Waals surface area contributed by atoms with E-state index in [1.807, 2.05) is 0 Å². The van der Waals surface area contributed by atoms with Crippen LogP contribution in [-0.2, 0) is 24.1 Å². The fourth-order valence-electron chi connectivity index (χ4n) is 4.33. The minimum atomic E-state index is -4.63. The van der Waals surface area contributed by atoms with Crippen molar-refractivity contribution in [3.8, 4) is 17.2 Å². The molecule has 36 heavy (non-hydrogen) atoms. The summed E-state index contributed by atoms with van der Waals surface area (Å²) in [5, 5.41) is 13.3. The van der Waals surface area contributed by atoms with Crippen molar-refractivity contribution in [1.29, 1.82) is 5.26 Å². The summed E-state index contributed by atoms with van der Waals surface area (Å²) >= 11 is 1.30. The predicted octanol–water partition coefficient (Wildman–Crippen LogP) is 5.29. The molecule has 1 unspecified atom stereocenters. The standard InChI is InChI=1S/C26H26F3N5OS/c1-4-34-14-21(24(32-34)26(27,28)29)18-8-6-5-7-17(18)20-13-33(23(35)9-10-25(2,3)31)15-22-19(20)11-16(12-30)36-22/h5-11,14,20H,4,13,15,31H2,1-3H3/b10-9+. The van der Waals surface area contributed by atoms with Crippen molar-refractivity contribution in [3.05, 3.63) is 75.3 Å². The number of carbonyl (C=O) groups excluding carboxylic acids is 1. The van der Waals surface area contributed by atoms with Crippen LogP contribution in [0.5, 0.6) is 0 Å². The number of nitriles is 1. The van der Waals surface area contributed by atoms with Gasteiger partial charge >= 0.3 is 6.18 Å². The van der Waals surface area contributed by atoms with Gasteiger partial charge in [0.05, 0.1) is 6.54 Å². The number of benzene rings is 1. The van der Waals surface area contributed by atoms with Crippen molar-refractivity contribution in [3.63, 3.8) is 0 Å². The zero-order chi connectivity index (χ0) is 26.3. The molecule has 0 spiro atoms. The van der Waals surface area contributed by atoms with Crippen molar-refractivity contribution in [2.45, 2.75) is 51.5 Å². The van der Waals surface area contributed by atoms with Crippen molar-refractivity contribution in [1.82, 2.24) is 14.7 Å². The van der Waals surface area contributed by atoms with Crippen LogP contribution in [0.2, 0.25) is 0 Å². The molecule has 1 aliphatic rings. The van der Waals surface area contributed by atoms with E-state index in [1.54, 1.807) is 62.1 Å². The molecule has 0 aliphatic carbocycles. The molecule has 3 aromatic rings. The molecule has 4 rings (SSSR count). The summed E-state index contributed by atoms with van der Waals surface area (Å²) < 4.78 is 43.0. The van der Waals surface area contributed by atoms with Crippen molar-refractivity contribution >= 4 is 17.2 Å². The maximum atomic E-state index is 13.9. The maximum Gasteiger partial charge on any atom is 0.435 e. The normalized spacial score (nSPS) is 16.3. The Morgan fingerprint density at radius 1 is 1.28 bits per heavy atom. The molecule has 0 saturated carbocycles. The highest BCUT2D eigenvalue weighted by atomic mass is 32.1. The molecule has 3 heterocycles. The number of aromatic nitrogens is 2. The number of aryl methyl sites for hydroxylation is 1. The number of hydrogen-bond acceptors (Lipinski definition) is 5. The molecule has 1 aliphatic heterocycles. The molecule has 1 aromatic carbocycles. The van der Waals surface area contributed by atoms with E-state index in [4.69, 9.17) is 5.73 Å². The van der Waals surface area contributed by atoms with E-state index in [0.29, 0.717) is 29.1 Å². The highest BCUT2D eigenvalue weighted by molar-refractivity contribution is 7.12. The van der Waals surface area contributed by atoms with Gasteiger partial charge in [-0.15, -0.1) is 11.3 Å². The lowest BCUT2D eigenvalue weighted by Crippen LogP contribution is -2.38. The first kappa shape index (κ1) is 25.7. The molecule has 0 saturated heterocycles. The third-order valence-corrected chi connectivity index (χ3v) is 7.05. The van der Waals surface area contributed by atoms with Gasteiger partial charge in [0.1, 0.15) is 10.9 Å². The molecule has 6 nitrogen and oxygen atoms in total. The van der Waals surface area contributed by atoms with Gasteiger partial charge in [-0.3, -0.25) is 9.48 Å². The number of nitrogens with two attached hydrogens (primary N) is 1. The molecular weight excluding hydrogens is 487 g/mol. The highest BCUT2D eigenvalue weighted by Gasteiger charge is 2.39. The minimum Gasteiger partial charge on any atom is -0.333 e.